The molecule has 0 spiro atoms. The molecule has 3 aromatic carbocycles. The number of nitrogens with two attached hydrogens (primary N) is 1. The summed E-state index contributed by atoms with van der Waals surface area (Å²) in [4.78, 5) is 18.8. The zero-order valence-electron chi connectivity index (χ0n) is 15.3. The second kappa shape index (κ2) is 7.54. The summed E-state index contributed by atoms with van der Waals surface area (Å²) in [6.07, 6.45) is -0.972. The lowest BCUT2D eigenvalue weighted by molar-refractivity contribution is 0.136. The largest absolute Gasteiger partial charge is 0.410 e. The maximum absolute atomic E-state index is 10.9. The molecular formula is C22H19N3O3. The van der Waals surface area contributed by atoms with Gasteiger partial charge in [0.2, 0.25) is 0 Å². The highest BCUT2D eigenvalue weighted by atomic mass is 16.5. The van der Waals surface area contributed by atoms with Crippen LogP contribution in [0.5, 0.6) is 5.75 Å². The van der Waals surface area contributed by atoms with Crippen molar-refractivity contribution in [3.63, 3.8) is 0 Å². The molecule has 28 heavy (non-hydrogen) atoms. The van der Waals surface area contributed by atoms with Crippen molar-refractivity contribution in [3.8, 4) is 17.1 Å². The van der Waals surface area contributed by atoms with Gasteiger partial charge in [0, 0.05) is 18.7 Å². The van der Waals surface area contributed by atoms with Gasteiger partial charge in [-0.1, -0.05) is 54.6 Å². The molecule has 0 aliphatic heterocycles. The van der Waals surface area contributed by atoms with E-state index in [9.17, 15) is 4.79 Å². The first-order chi connectivity index (χ1) is 13.6. The van der Waals surface area contributed by atoms with E-state index in [-0.39, 0.29) is 6.10 Å². The molecule has 0 saturated heterocycles. The van der Waals surface area contributed by atoms with Crippen LogP contribution in [0.3, 0.4) is 0 Å². The number of rotatable bonds is 5. The number of fused-ring (bicyclic) bond motifs is 1. The van der Waals surface area contributed by atoms with Gasteiger partial charge in [0.1, 0.15) is 17.7 Å². The average molecular weight is 373 g/mol. The lowest BCUT2D eigenvalue weighted by Crippen LogP contribution is -2.16. The molecule has 0 aliphatic rings. The summed E-state index contributed by atoms with van der Waals surface area (Å²) < 4.78 is 10.6. The smallest absolute Gasteiger partial charge is 0.409 e. The van der Waals surface area contributed by atoms with Crippen LogP contribution < -0.4 is 10.5 Å². The van der Waals surface area contributed by atoms with Crippen molar-refractivity contribution in [2.75, 3.05) is 7.11 Å². The molecule has 4 aromatic rings. The molecule has 3 N–H and O–H groups in total. The third-order valence-corrected chi connectivity index (χ3v) is 4.50. The van der Waals surface area contributed by atoms with Crippen LogP contribution in [0.15, 0.2) is 72.8 Å². The molecule has 1 heterocycles. The van der Waals surface area contributed by atoms with Crippen molar-refractivity contribution in [1.82, 2.24) is 9.97 Å². The lowest BCUT2D eigenvalue weighted by Gasteiger charge is -2.16. The Morgan fingerprint density at radius 2 is 1.71 bits per heavy atom. The molecule has 0 fully saturated rings. The van der Waals surface area contributed by atoms with Crippen LogP contribution in [0.1, 0.15) is 17.2 Å². The Bertz CT molecular complexity index is 1110. The van der Waals surface area contributed by atoms with Gasteiger partial charge in [-0.05, 0) is 23.3 Å². The Balaban J connectivity index is 1.62. The van der Waals surface area contributed by atoms with E-state index in [4.69, 9.17) is 15.2 Å². The van der Waals surface area contributed by atoms with Crippen LogP contribution in [-0.4, -0.2) is 23.2 Å². The molecule has 0 bridgehead atoms. The fourth-order valence-electron chi connectivity index (χ4n) is 3.21. The molecule has 6 heteroatoms. The minimum atomic E-state index is -0.846. The second-order valence-corrected chi connectivity index (χ2v) is 6.33. The van der Waals surface area contributed by atoms with Gasteiger partial charge in [-0.25, -0.2) is 9.78 Å². The number of methoxy groups -OCH3 is 1. The van der Waals surface area contributed by atoms with E-state index in [1.807, 2.05) is 54.6 Å². The van der Waals surface area contributed by atoms with Crippen LogP contribution in [0.4, 0.5) is 4.79 Å². The summed E-state index contributed by atoms with van der Waals surface area (Å²) in [5, 5.41) is 0. The predicted octanol–water partition coefficient (Wildman–Crippen LogP) is 4.42. The van der Waals surface area contributed by atoms with Gasteiger partial charge < -0.3 is 20.2 Å². The number of primary amides is 1. The normalized spacial score (nSPS) is 12.0. The number of carbonyl (C=O) groups excluding carboxylic acids is 1. The van der Waals surface area contributed by atoms with Crippen molar-refractivity contribution >= 4 is 17.1 Å². The van der Waals surface area contributed by atoms with Crippen molar-refractivity contribution in [2.45, 2.75) is 6.10 Å². The molecular weight excluding hydrogens is 354 g/mol. The number of carbonyl (C=O) groups is 1. The summed E-state index contributed by atoms with van der Waals surface area (Å²) >= 11 is 0. The van der Waals surface area contributed by atoms with Gasteiger partial charge in [-0.3, -0.25) is 0 Å². The Hall–Kier alpha value is -3.64. The number of hydrogen-bond donors (Lipinski definition) is 2. The highest BCUT2D eigenvalue weighted by molar-refractivity contribution is 5.81. The number of H-pyrrole nitrogens is 1. The van der Waals surface area contributed by atoms with E-state index in [1.54, 1.807) is 25.3 Å². The van der Waals surface area contributed by atoms with E-state index in [0.29, 0.717) is 5.75 Å². The van der Waals surface area contributed by atoms with E-state index in [1.165, 1.54) is 0 Å². The number of benzene rings is 3. The Kier molecular flexibility index (Phi) is 4.78. The number of hydrogen-bond acceptors (Lipinski definition) is 4. The number of ether oxygens (including phenoxy) is 2. The SMILES string of the molecule is COC(c1ccccc1)c1ccc(-c2nc3ccc(OC(N)=O)cc3[nH]2)cc1. The topological polar surface area (TPSA) is 90.2 Å². The summed E-state index contributed by atoms with van der Waals surface area (Å²) in [7, 11) is 1.70. The van der Waals surface area contributed by atoms with Gasteiger partial charge in [-0.15, -0.1) is 0 Å². The summed E-state index contributed by atoms with van der Waals surface area (Å²) in [5.74, 6) is 1.10. The van der Waals surface area contributed by atoms with Crippen molar-refractivity contribution < 1.29 is 14.3 Å². The Morgan fingerprint density at radius 1 is 1.00 bits per heavy atom. The molecule has 1 unspecified atom stereocenters. The fraction of sp³-hybridized carbons (Fsp3) is 0.0909. The molecule has 1 atom stereocenters. The summed E-state index contributed by atoms with van der Waals surface area (Å²) in [6.45, 7) is 0. The first-order valence-electron chi connectivity index (χ1n) is 8.79. The van der Waals surface area contributed by atoms with E-state index < -0.39 is 6.09 Å². The quantitative estimate of drug-likeness (QED) is 0.542. The molecule has 0 radical (unpaired) electrons. The van der Waals surface area contributed by atoms with E-state index in [0.717, 1.165) is 33.5 Å². The summed E-state index contributed by atoms with van der Waals surface area (Å²) in [5.41, 5.74) is 9.70. The Morgan fingerprint density at radius 3 is 2.39 bits per heavy atom. The van der Waals surface area contributed by atoms with Gasteiger partial charge in [-0.2, -0.15) is 0 Å². The number of aromatic nitrogens is 2. The number of imidazole rings is 1. The molecule has 1 aromatic heterocycles. The number of aromatic amines is 1. The van der Waals surface area contributed by atoms with Gasteiger partial charge >= 0.3 is 6.09 Å². The fourth-order valence-corrected chi connectivity index (χ4v) is 3.21. The zero-order chi connectivity index (χ0) is 19.5. The van der Waals surface area contributed by atoms with Crippen molar-refractivity contribution in [2.24, 2.45) is 5.73 Å². The molecule has 0 saturated carbocycles. The zero-order valence-corrected chi connectivity index (χ0v) is 15.3. The molecule has 6 nitrogen and oxygen atoms in total. The molecule has 0 aliphatic carbocycles. The first-order valence-corrected chi connectivity index (χ1v) is 8.79. The number of nitrogens with zero attached hydrogens (tertiary/aromatic N) is 1. The highest BCUT2D eigenvalue weighted by Gasteiger charge is 2.14. The monoisotopic (exact) mass is 373 g/mol. The minimum Gasteiger partial charge on any atom is -0.410 e. The number of nitrogens with one attached hydrogen (secondary N) is 1. The lowest BCUT2D eigenvalue weighted by atomic mass is 10.00. The van der Waals surface area contributed by atoms with Crippen LogP contribution in [-0.2, 0) is 4.74 Å². The average Bonchev–Trinajstić information content (AvgIpc) is 3.13. The van der Waals surface area contributed by atoms with Crippen LogP contribution >= 0.6 is 0 Å². The molecule has 140 valence electrons. The molecule has 1 amide bonds. The predicted molar refractivity (Wildman–Crippen MR) is 107 cm³/mol. The van der Waals surface area contributed by atoms with Gasteiger partial charge in [0.05, 0.1) is 11.0 Å². The van der Waals surface area contributed by atoms with Crippen molar-refractivity contribution in [1.29, 1.82) is 0 Å². The third-order valence-electron chi connectivity index (χ3n) is 4.50. The van der Waals surface area contributed by atoms with E-state index in [2.05, 4.69) is 9.97 Å². The standard InChI is InChI=1S/C22H19N3O3/c1-27-20(14-5-3-2-4-6-14)15-7-9-16(10-8-15)21-24-18-12-11-17(28-22(23)26)13-19(18)25-21/h2-13,20H,1H3,(H2,23,26)(H,24,25). The van der Waals surface area contributed by atoms with Crippen molar-refractivity contribution in [3.05, 3.63) is 83.9 Å². The van der Waals surface area contributed by atoms with Gasteiger partial charge in [0.25, 0.3) is 0 Å². The van der Waals surface area contributed by atoms with Crippen LogP contribution in [0.2, 0.25) is 0 Å². The van der Waals surface area contributed by atoms with Crippen LogP contribution in [0, 0.1) is 0 Å². The summed E-state index contributed by atoms with van der Waals surface area (Å²) in [6, 6.07) is 23.3. The van der Waals surface area contributed by atoms with Gasteiger partial charge in [0.15, 0.2) is 0 Å². The second-order valence-electron chi connectivity index (χ2n) is 6.33. The van der Waals surface area contributed by atoms with E-state index >= 15 is 0 Å². The third kappa shape index (κ3) is 3.58. The maximum Gasteiger partial charge on any atom is 0.409 e. The Labute approximate surface area is 161 Å². The first kappa shape index (κ1) is 17.8. The minimum absolute atomic E-state index is 0.126. The number of amides is 1. The molecule has 4 rings (SSSR count). The maximum atomic E-state index is 10.9. The van der Waals surface area contributed by atoms with Crippen LogP contribution in [0.25, 0.3) is 22.4 Å². The highest BCUT2D eigenvalue weighted by Crippen LogP contribution is 2.28.